The van der Waals surface area contributed by atoms with Crippen LogP contribution in [0, 0.1) is 0 Å². The van der Waals surface area contributed by atoms with Gasteiger partial charge in [0.1, 0.15) is 0 Å². The van der Waals surface area contributed by atoms with Crippen molar-refractivity contribution in [2.45, 2.75) is 223 Å². The van der Waals surface area contributed by atoms with E-state index in [-0.39, 0.29) is 12.8 Å². The summed E-state index contributed by atoms with van der Waals surface area (Å²) in [7, 11) is -4.49. The minimum Gasteiger partial charge on any atom is -0.479 e. The zero-order valence-electron chi connectivity index (χ0n) is 33.4. The Morgan fingerprint density at radius 3 is 1.45 bits per heavy atom. The second kappa shape index (κ2) is 30.1. The van der Waals surface area contributed by atoms with E-state index in [9.17, 15) is 44.6 Å². The first-order valence-corrected chi connectivity index (χ1v) is 23.0. The standard InChI is InChI=1S/C40H79N2O10P/c1-3-4-5-6-7-8-9-10-11-12-13-14-15-16-17-18-19-20-21-22-23-24-25-26-27-28-36(45)42-40(2,39(48)49)32-52-53(50,51)31-33(44)29-34-37(46)38(47)35(30-43)41-34/h33-35,37-38,41,43-44,46-47H,3-32H2,1-2H3,(H,42,45)(H,48,49)(H,50,51)/t33-,34-,35-,37-,38-,40?/m1/s1. The van der Waals surface area contributed by atoms with Crippen molar-refractivity contribution in [3.05, 3.63) is 0 Å². The van der Waals surface area contributed by atoms with Crippen molar-refractivity contribution in [3.63, 3.8) is 0 Å². The summed E-state index contributed by atoms with van der Waals surface area (Å²) in [4.78, 5) is 34.7. The maximum absolute atomic E-state index is 12.6. The molecule has 0 saturated carbocycles. The number of unbranched alkanes of at least 4 members (excludes halogenated alkanes) is 24. The normalized spacial score (nSPS) is 21.6. The Hall–Kier alpha value is -1.11. The topological polar surface area (TPSA) is 206 Å². The number of hydrogen-bond acceptors (Lipinski definition) is 9. The lowest BCUT2D eigenvalue weighted by Gasteiger charge is -2.28. The van der Waals surface area contributed by atoms with Crippen molar-refractivity contribution in [2.75, 3.05) is 19.4 Å². The van der Waals surface area contributed by atoms with Crippen LogP contribution < -0.4 is 10.6 Å². The van der Waals surface area contributed by atoms with Gasteiger partial charge in [0, 0.05) is 12.5 Å². The van der Waals surface area contributed by atoms with Gasteiger partial charge in [-0.05, 0) is 19.8 Å². The number of aliphatic hydroxyl groups is 4. The quantitative estimate of drug-likeness (QED) is 0.0238. The van der Waals surface area contributed by atoms with Crippen LogP contribution in [0.2, 0.25) is 0 Å². The second-order valence-electron chi connectivity index (χ2n) is 15.9. The SMILES string of the molecule is CCCCCCCCCCCCCCCCCCCCCCCCCCCC(=O)NC(C)(COP(=O)(O)C[C@H](O)C[C@H]1N[C@H](CO)[C@@H](O)[C@@H]1O)C(=O)O. The Labute approximate surface area is 321 Å². The first-order valence-electron chi connectivity index (χ1n) is 21.3. The Morgan fingerprint density at radius 2 is 1.09 bits per heavy atom. The molecule has 1 rings (SSSR count). The van der Waals surface area contributed by atoms with Crippen LogP contribution in [-0.4, -0.2) is 97.6 Å². The zero-order valence-corrected chi connectivity index (χ0v) is 34.3. The van der Waals surface area contributed by atoms with Crippen molar-refractivity contribution >= 4 is 19.5 Å². The molecule has 0 aromatic carbocycles. The number of carbonyl (C=O) groups excluding carboxylic acids is 1. The summed E-state index contributed by atoms with van der Waals surface area (Å²) < 4.78 is 17.6. The molecule has 12 nitrogen and oxygen atoms in total. The molecule has 1 aliphatic heterocycles. The highest BCUT2D eigenvalue weighted by Crippen LogP contribution is 2.44. The van der Waals surface area contributed by atoms with Gasteiger partial charge >= 0.3 is 13.6 Å². The Morgan fingerprint density at radius 1 is 0.717 bits per heavy atom. The maximum Gasteiger partial charge on any atom is 0.331 e. The van der Waals surface area contributed by atoms with Crippen LogP contribution >= 0.6 is 7.60 Å². The van der Waals surface area contributed by atoms with Gasteiger partial charge in [0.05, 0.1) is 43.7 Å². The average molecular weight is 779 g/mol. The minimum absolute atomic E-state index is 0.134. The summed E-state index contributed by atoms with van der Waals surface area (Å²) in [6.45, 7) is 2.24. The van der Waals surface area contributed by atoms with E-state index in [1.807, 2.05) is 0 Å². The zero-order chi connectivity index (χ0) is 39.4. The molecule has 2 unspecified atom stereocenters. The number of aliphatic hydroxyl groups excluding tert-OH is 4. The van der Waals surface area contributed by atoms with Crippen molar-refractivity contribution in [3.8, 4) is 0 Å². The number of carbonyl (C=O) groups is 2. The highest BCUT2D eigenvalue weighted by molar-refractivity contribution is 7.52. The molecule has 0 aromatic rings. The highest BCUT2D eigenvalue weighted by Gasteiger charge is 2.43. The Bertz CT molecular complexity index is 991. The third-order valence-corrected chi connectivity index (χ3v) is 12.1. The lowest BCUT2D eigenvalue weighted by Crippen LogP contribution is -2.55. The van der Waals surface area contributed by atoms with Gasteiger partial charge in [-0.15, -0.1) is 0 Å². The molecule has 53 heavy (non-hydrogen) atoms. The van der Waals surface area contributed by atoms with Gasteiger partial charge in [-0.25, -0.2) is 4.79 Å². The van der Waals surface area contributed by atoms with Crippen molar-refractivity contribution in [1.82, 2.24) is 10.6 Å². The van der Waals surface area contributed by atoms with Crippen LogP contribution in [0.5, 0.6) is 0 Å². The van der Waals surface area contributed by atoms with E-state index < -0.39 is 74.8 Å². The lowest BCUT2D eigenvalue weighted by molar-refractivity contribution is -0.148. The van der Waals surface area contributed by atoms with Crippen molar-refractivity contribution < 1.29 is 49.1 Å². The van der Waals surface area contributed by atoms with Gasteiger partial charge in [-0.3, -0.25) is 9.36 Å². The summed E-state index contributed by atoms with van der Waals surface area (Å²) in [5, 5.41) is 54.4. The molecule has 0 aromatic heterocycles. The summed E-state index contributed by atoms with van der Waals surface area (Å²) in [6, 6.07) is -1.62. The van der Waals surface area contributed by atoms with E-state index in [2.05, 4.69) is 17.6 Å². The molecular weight excluding hydrogens is 699 g/mol. The van der Waals surface area contributed by atoms with E-state index >= 15 is 0 Å². The molecule has 0 bridgehead atoms. The molecular formula is C40H79N2O10P. The number of nitrogens with one attached hydrogen (secondary N) is 2. The summed E-state index contributed by atoms with van der Waals surface area (Å²) in [5.41, 5.74) is -1.95. The Balaban J connectivity index is 2.03. The number of amides is 1. The molecule has 8 N–H and O–H groups in total. The van der Waals surface area contributed by atoms with Crippen molar-refractivity contribution in [2.24, 2.45) is 0 Å². The fourth-order valence-electron chi connectivity index (χ4n) is 7.18. The third-order valence-electron chi connectivity index (χ3n) is 10.7. The van der Waals surface area contributed by atoms with Gasteiger partial charge in [0.2, 0.25) is 5.91 Å². The predicted molar refractivity (Wildman–Crippen MR) is 211 cm³/mol. The van der Waals surface area contributed by atoms with Gasteiger partial charge in [0.25, 0.3) is 0 Å². The molecule has 0 radical (unpaired) electrons. The molecule has 0 spiro atoms. The van der Waals surface area contributed by atoms with Crippen LogP contribution in [-0.2, 0) is 18.7 Å². The highest BCUT2D eigenvalue weighted by atomic mass is 31.2. The largest absolute Gasteiger partial charge is 0.479 e. The van der Waals surface area contributed by atoms with Gasteiger partial charge in [0.15, 0.2) is 5.54 Å². The third kappa shape index (κ3) is 24.2. The smallest absolute Gasteiger partial charge is 0.331 e. The summed E-state index contributed by atoms with van der Waals surface area (Å²) in [5.74, 6) is -1.91. The van der Waals surface area contributed by atoms with Crippen LogP contribution in [0.25, 0.3) is 0 Å². The minimum atomic E-state index is -4.49. The van der Waals surface area contributed by atoms with E-state index in [4.69, 9.17) is 4.52 Å². The van der Waals surface area contributed by atoms with Crippen LogP contribution in [0.4, 0.5) is 0 Å². The van der Waals surface area contributed by atoms with Crippen LogP contribution in [0.1, 0.15) is 187 Å². The van der Waals surface area contributed by atoms with Crippen LogP contribution in [0.15, 0.2) is 0 Å². The van der Waals surface area contributed by atoms with E-state index in [1.54, 1.807) is 0 Å². The summed E-state index contributed by atoms with van der Waals surface area (Å²) >= 11 is 0. The van der Waals surface area contributed by atoms with E-state index in [0.29, 0.717) is 6.42 Å². The van der Waals surface area contributed by atoms with Gasteiger partial charge in [-0.1, -0.05) is 161 Å². The van der Waals surface area contributed by atoms with E-state index in [1.165, 1.54) is 142 Å². The molecule has 314 valence electrons. The first-order chi connectivity index (χ1) is 25.3. The monoisotopic (exact) mass is 779 g/mol. The number of carboxylic acids is 1. The molecule has 7 atom stereocenters. The molecule has 1 saturated heterocycles. The number of rotatable bonds is 36. The van der Waals surface area contributed by atoms with Gasteiger partial charge in [-0.2, -0.15) is 0 Å². The number of aliphatic carboxylic acids is 1. The van der Waals surface area contributed by atoms with E-state index in [0.717, 1.165) is 19.3 Å². The molecule has 13 heteroatoms. The number of hydrogen-bond donors (Lipinski definition) is 8. The fourth-order valence-corrected chi connectivity index (χ4v) is 8.43. The van der Waals surface area contributed by atoms with Gasteiger partial charge < -0.3 is 45.6 Å². The maximum atomic E-state index is 12.6. The lowest BCUT2D eigenvalue weighted by atomic mass is 10.0. The predicted octanol–water partition coefficient (Wildman–Crippen LogP) is 7.12. The second-order valence-corrected chi connectivity index (χ2v) is 17.8. The summed E-state index contributed by atoms with van der Waals surface area (Å²) in [6.07, 6.45) is 27.5. The molecule has 0 aliphatic carbocycles. The van der Waals surface area contributed by atoms with Crippen LogP contribution in [0.3, 0.4) is 0 Å². The Kier molecular flexibility index (Phi) is 28.3. The van der Waals surface area contributed by atoms with Crippen molar-refractivity contribution in [1.29, 1.82) is 0 Å². The molecule has 1 amide bonds. The first kappa shape index (κ1) is 49.9. The molecule has 1 heterocycles. The molecule has 1 fully saturated rings. The average Bonchev–Trinajstić information content (AvgIpc) is 3.38. The fraction of sp³-hybridized carbons (Fsp3) is 0.950. The number of carboxylic acid groups (broad SMARTS) is 1. The molecule has 1 aliphatic rings.